The Hall–Kier alpha value is -1.70. The van der Waals surface area contributed by atoms with Crippen molar-refractivity contribution in [2.24, 2.45) is 0 Å². The number of hydrogen-bond acceptors (Lipinski definition) is 6. The molecule has 0 aliphatic rings. The molecule has 0 aliphatic carbocycles. The summed E-state index contributed by atoms with van der Waals surface area (Å²) in [6, 6.07) is 14.5. The largest absolute Gasteiger partial charge is 0.497 e. The lowest BCUT2D eigenvalue weighted by Gasteiger charge is -2.27. The molecule has 0 heterocycles. The molecule has 0 amide bonds. The summed E-state index contributed by atoms with van der Waals surface area (Å²) < 4.78 is 57.4. The van der Waals surface area contributed by atoms with E-state index in [-0.39, 0.29) is 18.1 Å². The lowest BCUT2D eigenvalue weighted by Crippen LogP contribution is -2.30. The highest BCUT2D eigenvalue weighted by Gasteiger charge is 2.40. The molecule has 1 unspecified atom stereocenters. The molecule has 2 rings (SSSR count). The molecule has 148 valence electrons. The summed E-state index contributed by atoms with van der Waals surface area (Å²) in [5, 5.41) is 0. The number of benzene rings is 2. The monoisotopic (exact) mass is 413 g/mol. The predicted octanol–water partition coefficient (Wildman–Crippen LogP) is 3.94. The SMILES string of the molecule is CCOP(=O)(OCC)C(NS(=O)(=O)c1ccc(OC)cc1)c1ccccc1. The lowest BCUT2D eigenvalue weighted by atomic mass is 10.2. The number of hydrogen-bond donors (Lipinski definition) is 1. The van der Waals surface area contributed by atoms with Crippen LogP contribution in [0, 0.1) is 0 Å². The normalized spacial score (nSPS) is 13.3. The highest BCUT2D eigenvalue weighted by Crippen LogP contribution is 2.59. The molecule has 1 atom stereocenters. The molecule has 7 nitrogen and oxygen atoms in total. The molecule has 0 saturated heterocycles. The molecule has 2 aromatic rings. The van der Waals surface area contributed by atoms with Crippen molar-refractivity contribution < 1.29 is 26.8 Å². The summed E-state index contributed by atoms with van der Waals surface area (Å²) in [4.78, 5) is 0.0174. The van der Waals surface area contributed by atoms with Crippen LogP contribution in [0.2, 0.25) is 0 Å². The highest BCUT2D eigenvalue weighted by atomic mass is 32.2. The Kier molecular flexibility index (Phi) is 7.59. The van der Waals surface area contributed by atoms with Gasteiger partial charge in [0.15, 0.2) is 0 Å². The van der Waals surface area contributed by atoms with E-state index in [2.05, 4.69) is 4.72 Å². The molecule has 0 bridgehead atoms. The Morgan fingerprint density at radius 3 is 2.00 bits per heavy atom. The average Bonchev–Trinajstić information content (AvgIpc) is 2.67. The van der Waals surface area contributed by atoms with Gasteiger partial charge in [-0.15, -0.1) is 0 Å². The second kappa shape index (κ2) is 9.48. The molecule has 9 heteroatoms. The van der Waals surface area contributed by atoms with Crippen LogP contribution in [0.3, 0.4) is 0 Å². The smallest absolute Gasteiger partial charge is 0.352 e. The van der Waals surface area contributed by atoms with Gasteiger partial charge in [0, 0.05) is 0 Å². The number of rotatable bonds is 10. The van der Waals surface area contributed by atoms with Gasteiger partial charge in [-0.25, -0.2) is 8.42 Å². The first kappa shape index (κ1) is 21.6. The maximum atomic E-state index is 13.3. The molecule has 27 heavy (non-hydrogen) atoms. The van der Waals surface area contributed by atoms with Crippen molar-refractivity contribution in [2.75, 3.05) is 20.3 Å². The Balaban J connectivity index is 2.45. The van der Waals surface area contributed by atoms with Crippen LogP contribution in [0.4, 0.5) is 0 Å². The van der Waals surface area contributed by atoms with E-state index in [1.54, 1.807) is 44.2 Å². The van der Waals surface area contributed by atoms with Crippen molar-refractivity contribution in [1.82, 2.24) is 4.72 Å². The minimum absolute atomic E-state index is 0.0174. The van der Waals surface area contributed by atoms with E-state index < -0.39 is 23.4 Å². The topological polar surface area (TPSA) is 90.9 Å². The minimum Gasteiger partial charge on any atom is -0.497 e. The number of nitrogens with one attached hydrogen (secondary N) is 1. The standard InChI is InChI=1S/C18H24NO6PS/c1-4-24-26(20,25-5-2)18(15-9-7-6-8-10-15)19-27(21,22)17-13-11-16(23-3)12-14-17/h6-14,18-19H,4-5H2,1-3H3. The second-order valence-corrected chi connectivity index (χ2v) is 9.31. The number of sulfonamides is 1. The van der Waals surface area contributed by atoms with Gasteiger partial charge in [0.1, 0.15) is 11.5 Å². The molecule has 0 saturated carbocycles. The summed E-state index contributed by atoms with van der Waals surface area (Å²) in [6.45, 7) is 3.58. The van der Waals surface area contributed by atoms with E-state index in [9.17, 15) is 13.0 Å². The number of ether oxygens (including phenoxy) is 1. The first-order valence-electron chi connectivity index (χ1n) is 8.46. The van der Waals surface area contributed by atoms with Crippen LogP contribution in [0.1, 0.15) is 25.2 Å². The molecule has 0 fully saturated rings. The Morgan fingerprint density at radius 1 is 0.963 bits per heavy atom. The fourth-order valence-corrected chi connectivity index (χ4v) is 6.09. The third-order valence-electron chi connectivity index (χ3n) is 3.69. The summed E-state index contributed by atoms with van der Waals surface area (Å²) in [5.74, 6) is -0.645. The third-order valence-corrected chi connectivity index (χ3v) is 7.60. The maximum Gasteiger partial charge on any atom is 0.352 e. The van der Waals surface area contributed by atoms with Gasteiger partial charge >= 0.3 is 7.60 Å². The van der Waals surface area contributed by atoms with Gasteiger partial charge in [0.05, 0.1) is 25.2 Å². The molecule has 1 N–H and O–H groups in total. The van der Waals surface area contributed by atoms with Gasteiger partial charge in [0.25, 0.3) is 0 Å². The van der Waals surface area contributed by atoms with Gasteiger partial charge in [-0.05, 0) is 43.7 Å². The van der Waals surface area contributed by atoms with Crippen molar-refractivity contribution >= 4 is 17.6 Å². The van der Waals surface area contributed by atoms with Crippen LogP contribution in [0.15, 0.2) is 59.5 Å². The van der Waals surface area contributed by atoms with E-state index in [0.717, 1.165) is 0 Å². The molecule has 0 aromatic heterocycles. The molecule has 0 spiro atoms. The second-order valence-electron chi connectivity index (χ2n) is 5.49. The van der Waals surface area contributed by atoms with Crippen molar-refractivity contribution in [3.63, 3.8) is 0 Å². The molecular weight excluding hydrogens is 389 g/mol. The van der Waals surface area contributed by atoms with E-state index in [1.807, 2.05) is 0 Å². The Labute approximate surface area is 160 Å². The van der Waals surface area contributed by atoms with E-state index in [1.165, 1.54) is 31.4 Å². The van der Waals surface area contributed by atoms with Gasteiger partial charge < -0.3 is 13.8 Å². The molecular formula is C18H24NO6PS. The van der Waals surface area contributed by atoms with Gasteiger partial charge in [-0.2, -0.15) is 4.72 Å². The van der Waals surface area contributed by atoms with Crippen molar-refractivity contribution in [1.29, 1.82) is 0 Å². The van der Waals surface area contributed by atoms with Crippen LogP contribution in [0.25, 0.3) is 0 Å². The van der Waals surface area contributed by atoms with Crippen molar-refractivity contribution in [3.05, 3.63) is 60.2 Å². The quantitative estimate of drug-likeness (QED) is 0.594. The molecule has 2 aromatic carbocycles. The molecule has 0 radical (unpaired) electrons. The summed E-state index contributed by atoms with van der Waals surface area (Å²) in [6.07, 6.45) is 0. The van der Waals surface area contributed by atoms with Crippen molar-refractivity contribution in [2.45, 2.75) is 24.5 Å². The fraction of sp³-hybridized carbons (Fsp3) is 0.333. The highest BCUT2D eigenvalue weighted by molar-refractivity contribution is 7.89. The summed E-state index contributed by atoms with van der Waals surface area (Å²) in [7, 11) is -6.30. The minimum atomic E-state index is -3.99. The fourth-order valence-electron chi connectivity index (χ4n) is 2.47. The maximum absolute atomic E-state index is 13.3. The Morgan fingerprint density at radius 2 is 1.52 bits per heavy atom. The van der Waals surface area contributed by atoms with Crippen LogP contribution in [-0.4, -0.2) is 28.7 Å². The molecule has 0 aliphatic heterocycles. The lowest BCUT2D eigenvalue weighted by molar-refractivity contribution is 0.210. The first-order chi connectivity index (χ1) is 12.9. The first-order valence-corrected chi connectivity index (χ1v) is 11.6. The van der Waals surface area contributed by atoms with Crippen LogP contribution in [0.5, 0.6) is 5.75 Å². The van der Waals surface area contributed by atoms with Crippen molar-refractivity contribution in [3.8, 4) is 5.75 Å². The van der Waals surface area contributed by atoms with Gasteiger partial charge in [-0.1, -0.05) is 30.3 Å². The predicted molar refractivity (Wildman–Crippen MR) is 103 cm³/mol. The zero-order chi connectivity index (χ0) is 19.9. The Bertz CT molecular complexity index is 860. The third kappa shape index (κ3) is 5.40. The van der Waals surface area contributed by atoms with Crippen LogP contribution < -0.4 is 9.46 Å². The summed E-state index contributed by atoms with van der Waals surface area (Å²) >= 11 is 0. The van der Waals surface area contributed by atoms with Crippen LogP contribution >= 0.6 is 7.60 Å². The van der Waals surface area contributed by atoms with E-state index in [0.29, 0.717) is 11.3 Å². The number of methoxy groups -OCH3 is 1. The zero-order valence-corrected chi connectivity index (χ0v) is 17.2. The van der Waals surface area contributed by atoms with Gasteiger partial charge in [-0.3, -0.25) is 4.57 Å². The van der Waals surface area contributed by atoms with Crippen LogP contribution in [-0.2, 0) is 23.6 Å². The van der Waals surface area contributed by atoms with Gasteiger partial charge in [0.2, 0.25) is 10.0 Å². The van der Waals surface area contributed by atoms with E-state index in [4.69, 9.17) is 13.8 Å². The average molecular weight is 413 g/mol. The zero-order valence-electron chi connectivity index (χ0n) is 15.5. The summed E-state index contributed by atoms with van der Waals surface area (Å²) in [5.41, 5.74) is 0.486. The van der Waals surface area contributed by atoms with E-state index >= 15 is 0 Å².